The summed E-state index contributed by atoms with van der Waals surface area (Å²) in [4.78, 5) is 23.6. The maximum atomic E-state index is 12.0. The van der Waals surface area contributed by atoms with E-state index in [1.807, 2.05) is 13.8 Å². The summed E-state index contributed by atoms with van der Waals surface area (Å²) in [5, 5.41) is 0. The van der Waals surface area contributed by atoms with Crippen LogP contribution >= 0.6 is 0 Å². The minimum absolute atomic E-state index is 0.0565. The van der Waals surface area contributed by atoms with Crippen molar-refractivity contribution < 1.29 is 19.1 Å². The Hall–Kier alpha value is -0.900. The van der Waals surface area contributed by atoms with Gasteiger partial charge < -0.3 is 9.47 Å². The van der Waals surface area contributed by atoms with Gasteiger partial charge in [0.25, 0.3) is 0 Å². The summed E-state index contributed by atoms with van der Waals surface area (Å²) in [6.45, 7) is 7.60. The van der Waals surface area contributed by atoms with Crippen molar-refractivity contribution in [3.05, 3.63) is 0 Å². The molecule has 0 N–H and O–H groups in total. The van der Waals surface area contributed by atoms with Crippen LogP contribution in [0.1, 0.15) is 34.1 Å². The smallest absolute Gasteiger partial charge is 0.316 e. The molecule has 0 spiro atoms. The number of hydrogen-bond donors (Lipinski definition) is 0. The van der Waals surface area contributed by atoms with Gasteiger partial charge in [0.1, 0.15) is 12.0 Å². The van der Waals surface area contributed by atoms with Crippen LogP contribution in [-0.4, -0.2) is 31.6 Å². The number of carbonyl (C=O) groups is 2. The second-order valence-electron chi connectivity index (χ2n) is 4.02. The molecule has 0 rings (SSSR count). The van der Waals surface area contributed by atoms with Gasteiger partial charge in [0.2, 0.25) is 0 Å². The number of esters is 1. The van der Waals surface area contributed by atoms with E-state index >= 15 is 0 Å². The minimum atomic E-state index is -0.702. The van der Waals surface area contributed by atoms with E-state index in [4.69, 9.17) is 9.47 Å². The van der Waals surface area contributed by atoms with Crippen LogP contribution in [0.2, 0.25) is 0 Å². The lowest BCUT2D eigenvalue weighted by Crippen LogP contribution is -2.38. The number of Topliss-reactive ketones (excluding diaryl/α,β-unsaturated/α-hetero) is 1. The zero-order valence-corrected chi connectivity index (χ0v) is 10.8. The van der Waals surface area contributed by atoms with Crippen molar-refractivity contribution in [1.29, 1.82) is 0 Å². The van der Waals surface area contributed by atoms with E-state index in [9.17, 15) is 9.59 Å². The quantitative estimate of drug-likeness (QED) is 0.494. The third kappa shape index (κ3) is 3.93. The number of methoxy groups -OCH3 is 1. The molecule has 0 aliphatic heterocycles. The summed E-state index contributed by atoms with van der Waals surface area (Å²) in [6, 6.07) is 0. The van der Waals surface area contributed by atoms with Crippen molar-refractivity contribution in [1.82, 2.24) is 0 Å². The summed E-state index contributed by atoms with van der Waals surface area (Å²) in [5.74, 6) is -1.27. The van der Waals surface area contributed by atoms with Crippen LogP contribution in [0.25, 0.3) is 0 Å². The number of ether oxygens (including phenoxy) is 2. The van der Waals surface area contributed by atoms with Gasteiger partial charge in [-0.3, -0.25) is 9.59 Å². The summed E-state index contributed by atoms with van der Waals surface area (Å²) in [7, 11) is 1.49. The predicted octanol–water partition coefficient (Wildman–Crippen LogP) is 1.82. The van der Waals surface area contributed by atoms with Crippen molar-refractivity contribution >= 4 is 11.8 Å². The second-order valence-corrected chi connectivity index (χ2v) is 4.02. The molecule has 0 saturated heterocycles. The van der Waals surface area contributed by atoms with Gasteiger partial charge in [0.05, 0.1) is 6.61 Å². The van der Waals surface area contributed by atoms with Crippen LogP contribution in [0.15, 0.2) is 0 Å². The van der Waals surface area contributed by atoms with E-state index in [-0.39, 0.29) is 11.7 Å². The molecule has 4 heteroatoms. The lowest BCUT2D eigenvalue weighted by atomic mass is 9.91. The van der Waals surface area contributed by atoms with Crippen LogP contribution in [-0.2, 0) is 19.1 Å². The molecule has 94 valence electrons. The van der Waals surface area contributed by atoms with Crippen molar-refractivity contribution in [2.75, 3.05) is 13.7 Å². The molecule has 0 aromatic rings. The van der Waals surface area contributed by atoms with Gasteiger partial charge in [-0.25, -0.2) is 0 Å². The minimum Gasteiger partial charge on any atom is -0.465 e. The Kier molecular flexibility index (Phi) is 6.97. The van der Waals surface area contributed by atoms with E-state index in [1.54, 1.807) is 13.8 Å². The molecule has 0 heterocycles. The monoisotopic (exact) mass is 230 g/mol. The van der Waals surface area contributed by atoms with Crippen LogP contribution in [0, 0.1) is 11.8 Å². The highest BCUT2D eigenvalue weighted by Gasteiger charge is 2.33. The average molecular weight is 230 g/mol. The molecule has 2 atom stereocenters. The van der Waals surface area contributed by atoms with Gasteiger partial charge in [-0.15, -0.1) is 0 Å². The third-order valence-electron chi connectivity index (χ3n) is 2.46. The van der Waals surface area contributed by atoms with Crippen LogP contribution in [0.5, 0.6) is 0 Å². The SMILES string of the molecule is CCOC(=O)C(CC)C(=O)C(OC)C(C)C. The fraction of sp³-hybridized carbons (Fsp3) is 0.833. The largest absolute Gasteiger partial charge is 0.465 e. The molecule has 0 saturated carbocycles. The molecule has 0 amide bonds. The summed E-state index contributed by atoms with van der Waals surface area (Å²) >= 11 is 0. The second kappa shape index (κ2) is 7.39. The first kappa shape index (κ1) is 15.1. The number of hydrogen-bond acceptors (Lipinski definition) is 4. The van der Waals surface area contributed by atoms with Crippen LogP contribution < -0.4 is 0 Å². The van der Waals surface area contributed by atoms with Crippen LogP contribution in [0.3, 0.4) is 0 Å². The Morgan fingerprint density at radius 3 is 2.06 bits per heavy atom. The predicted molar refractivity (Wildman–Crippen MR) is 61.1 cm³/mol. The molecular formula is C12H22O4. The highest BCUT2D eigenvalue weighted by Crippen LogP contribution is 2.16. The van der Waals surface area contributed by atoms with E-state index in [2.05, 4.69) is 0 Å². The molecule has 0 aliphatic rings. The molecular weight excluding hydrogens is 208 g/mol. The maximum absolute atomic E-state index is 12.0. The van der Waals surface area contributed by atoms with Gasteiger partial charge in [0.15, 0.2) is 5.78 Å². The van der Waals surface area contributed by atoms with Crippen molar-refractivity contribution in [3.8, 4) is 0 Å². The first-order chi connectivity index (χ1) is 7.49. The first-order valence-electron chi connectivity index (χ1n) is 5.72. The topological polar surface area (TPSA) is 52.6 Å². The molecule has 0 radical (unpaired) electrons. The number of ketones is 1. The maximum Gasteiger partial charge on any atom is 0.316 e. The molecule has 0 bridgehead atoms. The lowest BCUT2D eigenvalue weighted by Gasteiger charge is -2.22. The fourth-order valence-corrected chi connectivity index (χ4v) is 1.64. The third-order valence-corrected chi connectivity index (χ3v) is 2.46. The zero-order valence-electron chi connectivity index (χ0n) is 10.8. The van der Waals surface area contributed by atoms with Gasteiger partial charge in [-0.2, -0.15) is 0 Å². The molecule has 0 fully saturated rings. The van der Waals surface area contributed by atoms with E-state index in [1.165, 1.54) is 7.11 Å². The Morgan fingerprint density at radius 2 is 1.75 bits per heavy atom. The Bertz CT molecular complexity index is 235. The van der Waals surface area contributed by atoms with Crippen LogP contribution in [0.4, 0.5) is 0 Å². The average Bonchev–Trinajstić information content (AvgIpc) is 2.19. The van der Waals surface area contributed by atoms with Crippen molar-refractivity contribution in [3.63, 3.8) is 0 Å². The Balaban J connectivity index is 4.69. The normalized spacial score (nSPS) is 14.6. The van der Waals surface area contributed by atoms with Crippen molar-refractivity contribution in [2.45, 2.75) is 40.2 Å². The van der Waals surface area contributed by atoms with E-state index in [0.29, 0.717) is 13.0 Å². The van der Waals surface area contributed by atoms with Crippen molar-refractivity contribution in [2.24, 2.45) is 11.8 Å². The number of carbonyl (C=O) groups excluding carboxylic acids is 2. The Morgan fingerprint density at radius 1 is 1.19 bits per heavy atom. The number of rotatable bonds is 7. The fourth-order valence-electron chi connectivity index (χ4n) is 1.64. The summed E-state index contributed by atoms with van der Waals surface area (Å²) in [6.07, 6.45) is -0.0843. The molecule has 2 unspecified atom stereocenters. The van der Waals surface area contributed by atoms with Gasteiger partial charge in [0, 0.05) is 7.11 Å². The van der Waals surface area contributed by atoms with Gasteiger partial charge >= 0.3 is 5.97 Å². The Labute approximate surface area is 97.3 Å². The van der Waals surface area contributed by atoms with E-state index < -0.39 is 18.0 Å². The van der Waals surface area contributed by atoms with E-state index in [0.717, 1.165) is 0 Å². The molecule has 4 nitrogen and oxygen atoms in total. The highest BCUT2D eigenvalue weighted by molar-refractivity contribution is 6.01. The summed E-state index contributed by atoms with van der Waals surface area (Å²) in [5.41, 5.74) is 0. The summed E-state index contributed by atoms with van der Waals surface area (Å²) < 4.78 is 10.0. The molecule has 0 aromatic heterocycles. The first-order valence-corrected chi connectivity index (χ1v) is 5.72. The standard InChI is InChI=1S/C12H22O4/c1-6-9(12(14)16-7-2)10(13)11(15-5)8(3)4/h8-9,11H,6-7H2,1-5H3. The molecule has 0 aromatic carbocycles. The van der Waals surface area contributed by atoms with Gasteiger partial charge in [-0.1, -0.05) is 20.8 Å². The zero-order chi connectivity index (χ0) is 12.7. The molecule has 16 heavy (non-hydrogen) atoms. The van der Waals surface area contributed by atoms with Gasteiger partial charge in [-0.05, 0) is 19.3 Å². The lowest BCUT2D eigenvalue weighted by molar-refractivity contribution is -0.155. The molecule has 0 aliphatic carbocycles. The highest BCUT2D eigenvalue weighted by atomic mass is 16.5.